The lowest BCUT2D eigenvalue weighted by Gasteiger charge is -2.51. The van der Waals surface area contributed by atoms with E-state index in [9.17, 15) is 14.7 Å². The highest BCUT2D eigenvalue weighted by molar-refractivity contribution is 5.88. The second-order valence-electron chi connectivity index (χ2n) is 10.3. The summed E-state index contributed by atoms with van der Waals surface area (Å²) >= 11 is 0. The zero-order valence-corrected chi connectivity index (χ0v) is 24.2. The van der Waals surface area contributed by atoms with Crippen molar-refractivity contribution in [1.82, 2.24) is 5.32 Å². The van der Waals surface area contributed by atoms with Crippen LogP contribution in [0.5, 0.6) is 5.75 Å². The van der Waals surface area contributed by atoms with Gasteiger partial charge in [-0.25, -0.2) is 4.79 Å². The van der Waals surface area contributed by atoms with Gasteiger partial charge in [0.2, 0.25) is 0 Å². The summed E-state index contributed by atoms with van der Waals surface area (Å²) in [6, 6.07) is 33.9. The molecule has 0 fully saturated rings. The van der Waals surface area contributed by atoms with Crippen LogP contribution >= 0.6 is 0 Å². The SMILES string of the molecule is CCOC(=O)C(Cc1ccc(O)cc1)NC(C)C(N)(C(=O)OC)C(c1ccccc1)(c1ccccc1)c1ccccc1. The number of ether oxygens (including phenoxy) is 2. The Balaban J connectivity index is 1.95. The van der Waals surface area contributed by atoms with Crippen LogP contribution in [0.15, 0.2) is 115 Å². The van der Waals surface area contributed by atoms with Crippen LogP contribution < -0.4 is 11.1 Å². The van der Waals surface area contributed by atoms with Gasteiger partial charge in [0.1, 0.15) is 17.3 Å². The molecule has 0 heterocycles. The number of esters is 2. The topological polar surface area (TPSA) is 111 Å². The molecule has 4 N–H and O–H groups in total. The third kappa shape index (κ3) is 5.79. The number of benzene rings is 4. The van der Waals surface area contributed by atoms with Gasteiger partial charge in [0.15, 0.2) is 0 Å². The van der Waals surface area contributed by atoms with Gasteiger partial charge in [-0.3, -0.25) is 10.1 Å². The van der Waals surface area contributed by atoms with E-state index in [0.29, 0.717) is 0 Å². The fourth-order valence-corrected chi connectivity index (χ4v) is 5.86. The van der Waals surface area contributed by atoms with Crippen molar-refractivity contribution in [2.75, 3.05) is 13.7 Å². The predicted molar refractivity (Wildman–Crippen MR) is 163 cm³/mol. The largest absolute Gasteiger partial charge is 0.508 e. The Labute approximate surface area is 247 Å². The van der Waals surface area contributed by atoms with Gasteiger partial charge < -0.3 is 20.3 Å². The molecule has 3 atom stereocenters. The second-order valence-corrected chi connectivity index (χ2v) is 10.3. The summed E-state index contributed by atoms with van der Waals surface area (Å²) in [5, 5.41) is 13.1. The van der Waals surface area contributed by atoms with Gasteiger partial charge >= 0.3 is 11.9 Å². The fraction of sp³-hybridized carbons (Fsp3) is 0.257. The van der Waals surface area contributed by atoms with E-state index in [-0.39, 0.29) is 18.8 Å². The highest BCUT2D eigenvalue weighted by atomic mass is 16.5. The maximum Gasteiger partial charge on any atom is 0.329 e. The van der Waals surface area contributed by atoms with E-state index >= 15 is 0 Å². The first-order chi connectivity index (χ1) is 20.3. The number of nitrogens with one attached hydrogen (secondary N) is 1. The summed E-state index contributed by atoms with van der Waals surface area (Å²) in [4.78, 5) is 27.5. The lowest BCUT2D eigenvalue weighted by Crippen LogP contribution is -2.74. The third-order valence-corrected chi connectivity index (χ3v) is 7.85. The Morgan fingerprint density at radius 2 is 1.26 bits per heavy atom. The van der Waals surface area contributed by atoms with Gasteiger partial charge in [0, 0.05) is 6.04 Å². The van der Waals surface area contributed by atoms with Crippen molar-refractivity contribution in [2.45, 2.75) is 43.3 Å². The number of hydrogen-bond acceptors (Lipinski definition) is 7. The van der Waals surface area contributed by atoms with Crippen LogP contribution in [-0.4, -0.2) is 48.4 Å². The van der Waals surface area contributed by atoms with Gasteiger partial charge in [-0.15, -0.1) is 0 Å². The smallest absolute Gasteiger partial charge is 0.329 e. The standard InChI is InChI=1S/C35H38N2O5/c1-4-42-32(39)31(24-26-20-22-30(38)23-21-26)37-25(2)35(36,33(40)41-3)34(27-14-8-5-9-15-27,28-16-10-6-11-17-28)29-18-12-7-13-19-29/h5-23,25,31,37-38H,4,24,36H2,1-3H3. The van der Waals surface area contributed by atoms with E-state index in [1.807, 2.05) is 91.0 Å². The maximum absolute atomic E-state index is 14.2. The molecule has 218 valence electrons. The minimum atomic E-state index is -1.77. The summed E-state index contributed by atoms with van der Waals surface area (Å²) in [6.07, 6.45) is 0.246. The van der Waals surface area contributed by atoms with E-state index in [1.165, 1.54) is 7.11 Å². The van der Waals surface area contributed by atoms with Crippen molar-refractivity contribution in [2.24, 2.45) is 5.73 Å². The molecule has 0 aliphatic heterocycles. The minimum Gasteiger partial charge on any atom is -0.508 e. The van der Waals surface area contributed by atoms with Gasteiger partial charge in [-0.1, -0.05) is 103 Å². The molecular formula is C35H38N2O5. The predicted octanol–water partition coefficient (Wildman–Crippen LogP) is 4.75. The average molecular weight is 567 g/mol. The molecule has 0 radical (unpaired) electrons. The lowest BCUT2D eigenvalue weighted by molar-refractivity contribution is -0.152. The molecular weight excluding hydrogens is 528 g/mol. The van der Waals surface area contributed by atoms with Crippen LogP contribution in [0.25, 0.3) is 0 Å². The Morgan fingerprint density at radius 3 is 1.67 bits per heavy atom. The summed E-state index contributed by atoms with van der Waals surface area (Å²) < 4.78 is 10.9. The second kappa shape index (κ2) is 13.5. The third-order valence-electron chi connectivity index (χ3n) is 7.85. The number of carbonyl (C=O) groups excluding carboxylic acids is 2. The van der Waals surface area contributed by atoms with Gasteiger partial charge in [-0.2, -0.15) is 0 Å². The van der Waals surface area contributed by atoms with E-state index in [1.54, 1.807) is 38.1 Å². The molecule has 3 unspecified atom stereocenters. The molecule has 42 heavy (non-hydrogen) atoms. The van der Waals surface area contributed by atoms with Gasteiger partial charge in [-0.05, 0) is 54.7 Å². The molecule has 0 saturated carbocycles. The van der Waals surface area contributed by atoms with E-state index < -0.39 is 35.0 Å². The molecule has 7 heteroatoms. The first-order valence-corrected chi connectivity index (χ1v) is 14.0. The first-order valence-electron chi connectivity index (χ1n) is 14.0. The molecule has 0 spiro atoms. The minimum absolute atomic E-state index is 0.123. The molecule has 7 nitrogen and oxygen atoms in total. The van der Waals surface area contributed by atoms with Crippen LogP contribution in [0.1, 0.15) is 36.1 Å². The molecule has 0 aliphatic rings. The zero-order valence-electron chi connectivity index (χ0n) is 24.2. The highest BCUT2D eigenvalue weighted by Crippen LogP contribution is 2.48. The summed E-state index contributed by atoms with van der Waals surface area (Å²) in [5.41, 5.74) is 7.63. The molecule has 4 rings (SSSR count). The number of carbonyl (C=O) groups is 2. The van der Waals surface area contributed by atoms with Crippen molar-refractivity contribution >= 4 is 11.9 Å². The van der Waals surface area contributed by atoms with Crippen LogP contribution in [0.3, 0.4) is 0 Å². The molecule has 0 bridgehead atoms. The van der Waals surface area contributed by atoms with Crippen molar-refractivity contribution in [3.63, 3.8) is 0 Å². The van der Waals surface area contributed by atoms with Crippen molar-refractivity contribution in [3.8, 4) is 5.75 Å². The normalized spacial score (nSPS) is 14.3. The van der Waals surface area contributed by atoms with Crippen molar-refractivity contribution < 1.29 is 24.2 Å². The number of rotatable bonds is 12. The summed E-state index contributed by atoms with van der Waals surface area (Å²) in [6.45, 7) is 3.73. The van der Waals surface area contributed by atoms with Gasteiger partial charge in [0.05, 0.1) is 19.1 Å². The number of nitrogens with two attached hydrogens (primary N) is 1. The van der Waals surface area contributed by atoms with Gasteiger partial charge in [0.25, 0.3) is 0 Å². The molecule has 4 aromatic rings. The van der Waals surface area contributed by atoms with Crippen LogP contribution in [0.2, 0.25) is 0 Å². The quantitative estimate of drug-likeness (QED) is 0.168. The summed E-state index contributed by atoms with van der Waals surface area (Å²) in [5.74, 6) is -1.00. The van der Waals surface area contributed by atoms with E-state index in [4.69, 9.17) is 15.2 Å². The highest BCUT2D eigenvalue weighted by Gasteiger charge is 2.61. The zero-order chi connectivity index (χ0) is 30.2. The van der Waals surface area contributed by atoms with E-state index in [2.05, 4.69) is 5.32 Å². The van der Waals surface area contributed by atoms with Crippen molar-refractivity contribution in [1.29, 1.82) is 0 Å². The molecule has 0 amide bonds. The summed E-state index contributed by atoms with van der Waals surface area (Å²) in [7, 11) is 1.32. The number of phenols is 1. The first kappa shape index (κ1) is 30.5. The fourth-order valence-electron chi connectivity index (χ4n) is 5.86. The number of aromatic hydroxyl groups is 1. The Hall–Kier alpha value is -4.46. The number of methoxy groups -OCH3 is 1. The molecule has 0 saturated heterocycles. The Bertz CT molecular complexity index is 1350. The maximum atomic E-state index is 14.2. The van der Waals surface area contributed by atoms with E-state index in [0.717, 1.165) is 22.3 Å². The molecule has 0 aliphatic carbocycles. The van der Waals surface area contributed by atoms with Crippen molar-refractivity contribution in [3.05, 3.63) is 138 Å². The number of hydrogen-bond donors (Lipinski definition) is 3. The molecule has 0 aromatic heterocycles. The van der Waals surface area contributed by atoms with Crippen LogP contribution in [0.4, 0.5) is 0 Å². The Morgan fingerprint density at radius 1 is 0.810 bits per heavy atom. The lowest BCUT2D eigenvalue weighted by atomic mass is 9.55. The average Bonchev–Trinajstić information content (AvgIpc) is 3.03. The molecule has 4 aromatic carbocycles. The monoisotopic (exact) mass is 566 g/mol. The Kier molecular flexibility index (Phi) is 9.78. The van der Waals surface area contributed by atoms with Crippen LogP contribution in [0, 0.1) is 0 Å². The van der Waals surface area contributed by atoms with Crippen LogP contribution in [-0.2, 0) is 30.9 Å². The number of phenolic OH excluding ortho intramolecular Hbond substituents is 1.